The number of unbranched alkanes of at least 4 members (excludes halogenated alkanes) is 14. The summed E-state index contributed by atoms with van der Waals surface area (Å²) in [5.41, 5.74) is 0. The summed E-state index contributed by atoms with van der Waals surface area (Å²) < 4.78 is 21.4. The molecule has 0 bridgehead atoms. The summed E-state index contributed by atoms with van der Waals surface area (Å²) in [4.78, 5) is 131. The number of aliphatic carboxylic acids is 4. The van der Waals surface area contributed by atoms with Gasteiger partial charge in [-0.3, -0.25) is 53.3 Å². The van der Waals surface area contributed by atoms with Gasteiger partial charge in [0.2, 0.25) is 17.7 Å². The van der Waals surface area contributed by atoms with Gasteiger partial charge in [0.15, 0.2) is 0 Å². The first-order valence-corrected chi connectivity index (χ1v) is 28.6. The number of nitrogens with one attached hydrogen (secondary N) is 4. The van der Waals surface area contributed by atoms with E-state index in [-0.39, 0.29) is 159 Å². The number of rotatable bonds is 58. The highest BCUT2D eigenvalue weighted by Gasteiger charge is 2.26. The summed E-state index contributed by atoms with van der Waals surface area (Å²) in [6.07, 6.45) is 16.3. The van der Waals surface area contributed by atoms with E-state index < -0.39 is 60.1 Å². The van der Waals surface area contributed by atoms with Crippen molar-refractivity contribution in [2.45, 2.75) is 206 Å². The number of carbonyl (C=O) groups is 11. The Bertz CT molecular complexity index is 1780. The SMILES string of the molecule is CC(=O)[C@@H](C)CCCCNC(=O)COCCOCCNC(=O)COCCOCCCC(=O)CC[C@H](NCC(=O)CC[C@H](NC(=O)CC[C@H](CC(=O)CCCCCCCCCCCCCCCCC(=O)O)C(=O)O)C(=O)O)C(=O)O. The topological polar surface area (TPSA) is 354 Å². The second kappa shape index (κ2) is 49.8. The van der Waals surface area contributed by atoms with E-state index in [1.54, 1.807) is 6.92 Å². The number of Topliss-reactive ketones (excluding diaryl/α,β-unsaturated/α-hetero) is 4. The van der Waals surface area contributed by atoms with Crippen molar-refractivity contribution >= 4 is 64.7 Å². The van der Waals surface area contributed by atoms with Crippen LogP contribution in [0.15, 0.2) is 0 Å². The number of ether oxygens (including phenoxy) is 4. The Morgan fingerprint density at radius 1 is 0.405 bits per heavy atom. The highest BCUT2D eigenvalue weighted by molar-refractivity contribution is 5.87. The van der Waals surface area contributed by atoms with Gasteiger partial charge in [-0.25, -0.2) is 4.79 Å². The van der Waals surface area contributed by atoms with Gasteiger partial charge in [0, 0.05) is 70.6 Å². The Morgan fingerprint density at radius 2 is 0.886 bits per heavy atom. The largest absolute Gasteiger partial charge is 0.481 e. The molecule has 79 heavy (non-hydrogen) atoms. The highest BCUT2D eigenvalue weighted by Crippen LogP contribution is 2.18. The van der Waals surface area contributed by atoms with Gasteiger partial charge in [0.05, 0.1) is 45.5 Å². The molecular weight excluding hydrogens is 1030 g/mol. The van der Waals surface area contributed by atoms with Gasteiger partial charge in [0.1, 0.15) is 48.4 Å². The fourth-order valence-corrected chi connectivity index (χ4v) is 8.12. The Hall–Kier alpha value is -5.23. The maximum Gasteiger partial charge on any atom is 0.326 e. The van der Waals surface area contributed by atoms with Gasteiger partial charge in [-0.2, -0.15) is 0 Å². The number of hydrogen-bond acceptors (Lipinski definition) is 16. The van der Waals surface area contributed by atoms with Crippen LogP contribution in [0.5, 0.6) is 0 Å². The Morgan fingerprint density at radius 3 is 1.42 bits per heavy atom. The van der Waals surface area contributed by atoms with Crippen LogP contribution in [0.3, 0.4) is 0 Å². The monoisotopic (exact) mass is 1130 g/mol. The van der Waals surface area contributed by atoms with Crippen LogP contribution in [0.25, 0.3) is 0 Å². The fraction of sp³-hybridized carbons (Fsp3) is 0.804. The lowest BCUT2D eigenvalue weighted by molar-refractivity contribution is -0.145. The van der Waals surface area contributed by atoms with E-state index in [0.717, 1.165) is 77.0 Å². The van der Waals surface area contributed by atoms with E-state index in [0.29, 0.717) is 19.4 Å². The molecule has 8 N–H and O–H groups in total. The van der Waals surface area contributed by atoms with E-state index in [2.05, 4.69) is 21.3 Å². The summed E-state index contributed by atoms with van der Waals surface area (Å²) in [5.74, 6) is -7.91. The third kappa shape index (κ3) is 47.3. The molecule has 0 saturated heterocycles. The molecule has 0 aromatic heterocycles. The molecule has 0 aliphatic heterocycles. The third-order valence-corrected chi connectivity index (χ3v) is 13.1. The predicted octanol–water partition coefficient (Wildman–Crippen LogP) is 5.54. The second-order valence-corrected chi connectivity index (χ2v) is 20.2. The number of amides is 3. The summed E-state index contributed by atoms with van der Waals surface area (Å²) in [7, 11) is 0. The highest BCUT2D eigenvalue weighted by atomic mass is 16.5. The van der Waals surface area contributed by atoms with Gasteiger partial charge in [-0.1, -0.05) is 90.4 Å². The van der Waals surface area contributed by atoms with E-state index in [1.165, 1.54) is 25.7 Å². The minimum atomic E-state index is -1.47. The van der Waals surface area contributed by atoms with Crippen molar-refractivity contribution in [1.82, 2.24) is 21.3 Å². The molecule has 0 saturated carbocycles. The van der Waals surface area contributed by atoms with Crippen LogP contribution in [0.1, 0.15) is 194 Å². The first kappa shape index (κ1) is 73.8. The summed E-state index contributed by atoms with van der Waals surface area (Å²) >= 11 is 0. The van der Waals surface area contributed by atoms with Crippen molar-refractivity contribution in [3.63, 3.8) is 0 Å². The van der Waals surface area contributed by atoms with Crippen LogP contribution in [0.4, 0.5) is 0 Å². The molecule has 0 unspecified atom stereocenters. The Labute approximate surface area is 466 Å². The van der Waals surface area contributed by atoms with Crippen molar-refractivity contribution in [2.75, 3.05) is 72.5 Å². The van der Waals surface area contributed by atoms with Crippen LogP contribution in [0, 0.1) is 11.8 Å². The zero-order valence-corrected chi connectivity index (χ0v) is 47.3. The van der Waals surface area contributed by atoms with Crippen LogP contribution < -0.4 is 21.3 Å². The summed E-state index contributed by atoms with van der Waals surface area (Å²) in [6, 6.07) is -2.71. The van der Waals surface area contributed by atoms with E-state index in [1.807, 2.05) is 6.92 Å². The average molecular weight is 1130 g/mol. The van der Waals surface area contributed by atoms with Crippen LogP contribution >= 0.6 is 0 Å². The molecule has 3 amide bonds. The zero-order valence-electron chi connectivity index (χ0n) is 47.3. The van der Waals surface area contributed by atoms with Crippen LogP contribution in [0.2, 0.25) is 0 Å². The Balaban J connectivity index is 4.12. The third-order valence-electron chi connectivity index (χ3n) is 13.1. The first-order chi connectivity index (χ1) is 37.8. The molecule has 4 atom stereocenters. The van der Waals surface area contributed by atoms with Crippen molar-refractivity contribution < 1.29 is 92.1 Å². The normalized spacial score (nSPS) is 12.7. The molecule has 0 rings (SSSR count). The van der Waals surface area contributed by atoms with Gasteiger partial charge in [-0.05, 0) is 58.3 Å². The van der Waals surface area contributed by atoms with Crippen molar-refractivity contribution in [3.05, 3.63) is 0 Å². The van der Waals surface area contributed by atoms with Gasteiger partial charge >= 0.3 is 23.9 Å². The number of carboxylic acid groups (broad SMARTS) is 4. The number of carbonyl (C=O) groups excluding carboxylic acids is 7. The summed E-state index contributed by atoms with van der Waals surface area (Å²) in [5, 5.41) is 48.0. The maximum atomic E-state index is 12.6. The van der Waals surface area contributed by atoms with Crippen molar-refractivity contribution in [3.8, 4) is 0 Å². The smallest absolute Gasteiger partial charge is 0.326 e. The quantitative estimate of drug-likeness (QED) is 0.0347. The van der Waals surface area contributed by atoms with Gasteiger partial charge in [0.25, 0.3) is 0 Å². The van der Waals surface area contributed by atoms with Crippen molar-refractivity contribution in [1.29, 1.82) is 0 Å². The standard InChI is InChI=1S/C56H96N4O19/c1-42(43(2)61)20-17-18-30-57-51(66)40-79-37-35-77-33-31-58-52(67)41-78-36-34-76-32-19-22-45(62)25-27-48(55(72)73)59-39-47(64)26-28-49(56(74)75)60-50(65)29-24-44(54(70)71)38-46(63)21-15-13-11-9-7-5-3-4-6-8-10-12-14-16-23-53(68)69/h42,44,48-49,59H,3-41H2,1-2H3,(H,57,66)(H,58,67)(H,60,65)(H,68,69)(H,70,71)(H,72,73)(H,74,75)/t42-,44+,48-,49-/m0/s1. The first-order valence-electron chi connectivity index (χ1n) is 28.6. The molecule has 0 aromatic rings. The zero-order chi connectivity index (χ0) is 58.9. The lowest BCUT2D eigenvalue weighted by atomic mass is 9.94. The molecule has 0 heterocycles. The minimum absolute atomic E-state index is 0.0283. The van der Waals surface area contributed by atoms with Crippen molar-refractivity contribution in [2.24, 2.45) is 11.8 Å². The molecule has 0 spiro atoms. The van der Waals surface area contributed by atoms with Crippen LogP contribution in [-0.2, 0) is 71.7 Å². The van der Waals surface area contributed by atoms with Crippen LogP contribution in [-0.4, -0.2) is 170 Å². The minimum Gasteiger partial charge on any atom is -0.481 e. The summed E-state index contributed by atoms with van der Waals surface area (Å²) in [6.45, 7) is 4.72. The molecule has 23 nitrogen and oxygen atoms in total. The van der Waals surface area contributed by atoms with E-state index in [4.69, 9.17) is 24.1 Å². The number of hydrogen-bond donors (Lipinski definition) is 8. The maximum absolute atomic E-state index is 12.6. The molecule has 0 aliphatic rings. The molecular formula is C56H96N4O19. The average Bonchev–Trinajstić information content (AvgIpc) is 3.39. The fourth-order valence-electron chi connectivity index (χ4n) is 8.12. The lowest BCUT2D eigenvalue weighted by Gasteiger charge is -2.17. The molecule has 0 aromatic carbocycles. The van der Waals surface area contributed by atoms with E-state index in [9.17, 15) is 68.1 Å². The lowest BCUT2D eigenvalue weighted by Crippen LogP contribution is -2.42. The van der Waals surface area contributed by atoms with Gasteiger partial charge < -0.3 is 55.3 Å². The predicted molar refractivity (Wildman–Crippen MR) is 291 cm³/mol. The Kier molecular flexibility index (Phi) is 46.5. The van der Waals surface area contributed by atoms with E-state index >= 15 is 0 Å². The molecule has 0 aliphatic carbocycles. The number of carboxylic acids is 4. The second-order valence-electron chi connectivity index (χ2n) is 20.2. The van der Waals surface area contributed by atoms with Gasteiger partial charge in [-0.15, -0.1) is 0 Å². The molecule has 0 fully saturated rings. The number of ketones is 4. The molecule has 23 heteroatoms. The molecule has 454 valence electrons. The molecule has 0 radical (unpaired) electrons.